The molecule has 0 aromatic heterocycles. The molecule has 3 atom stereocenters. The van der Waals surface area contributed by atoms with E-state index in [0.717, 1.165) is 11.1 Å². The number of hydrogen-bond acceptors (Lipinski definition) is 4. The summed E-state index contributed by atoms with van der Waals surface area (Å²) in [6.45, 7) is 2.54. The monoisotopic (exact) mass is 456 g/mol. The van der Waals surface area contributed by atoms with Gasteiger partial charge >= 0.3 is 0 Å². The molecule has 1 saturated heterocycles. The molecule has 176 valence electrons. The number of benzene rings is 2. The van der Waals surface area contributed by atoms with Gasteiger partial charge in [-0.1, -0.05) is 30.3 Å². The first-order chi connectivity index (χ1) is 15.8. The predicted octanol–water partition coefficient (Wildman–Crippen LogP) is 4.56. The number of ketones is 1. The summed E-state index contributed by atoms with van der Waals surface area (Å²) in [5.74, 6) is -3.53. The molecule has 1 fully saturated rings. The zero-order valence-corrected chi connectivity index (χ0v) is 19.0. The normalized spacial score (nSPS) is 23.5. The summed E-state index contributed by atoms with van der Waals surface area (Å²) in [7, 11) is 1.54. The van der Waals surface area contributed by atoms with Crippen LogP contribution < -0.4 is 15.4 Å². The number of Topliss-reactive ketones (excluding diaryl/α,β-unsaturated/α-hetero) is 1. The first-order valence-electron chi connectivity index (χ1n) is 11.5. The van der Waals surface area contributed by atoms with Gasteiger partial charge in [-0.05, 0) is 37.5 Å². The molecule has 5 nitrogen and oxygen atoms in total. The van der Waals surface area contributed by atoms with Crippen LogP contribution in [0.5, 0.6) is 5.75 Å². The van der Waals surface area contributed by atoms with Gasteiger partial charge in [0, 0.05) is 55.9 Å². The molecule has 0 spiro atoms. The van der Waals surface area contributed by atoms with Crippen LogP contribution in [-0.4, -0.2) is 43.9 Å². The van der Waals surface area contributed by atoms with Gasteiger partial charge in [0.25, 0.3) is 11.8 Å². The Morgan fingerprint density at radius 2 is 1.97 bits per heavy atom. The van der Waals surface area contributed by atoms with E-state index in [9.17, 15) is 18.4 Å². The molecule has 1 amide bonds. The van der Waals surface area contributed by atoms with Crippen LogP contribution >= 0.6 is 0 Å². The van der Waals surface area contributed by atoms with E-state index in [1.807, 2.05) is 43.3 Å². The van der Waals surface area contributed by atoms with Crippen molar-refractivity contribution in [3.8, 4) is 5.75 Å². The molecule has 7 heteroatoms. The number of nitrogens with one attached hydrogen (secondary N) is 2. The summed E-state index contributed by atoms with van der Waals surface area (Å²) in [5.41, 5.74) is 2.59. The van der Waals surface area contributed by atoms with Crippen LogP contribution in [0, 0.1) is 5.92 Å². The Labute approximate surface area is 192 Å². The van der Waals surface area contributed by atoms with Gasteiger partial charge in [0.2, 0.25) is 0 Å². The zero-order chi connectivity index (χ0) is 23.6. The van der Waals surface area contributed by atoms with Gasteiger partial charge in [-0.2, -0.15) is 0 Å². The zero-order valence-electron chi connectivity index (χ0n) is 19.0. The molecular weight excluding hydrogens is 426 g/mol. The first kappa shape index (κ1) is 23.4. The maximum atomic E-state index is 14.1. The van der Waals surface area contributed by atoms with Crippen molar-refractivity contribution in [3.05, 3.63) is 64.7 Å². The second-order valence-corrected chi connectivity index (χ2v) is 8.96. The summed E-state index contributed by atoms with van der Waals surface area (Å²) in [6.07, 6.45) is 0.460. The SMILES string of the molecule is CNC(=O)c1cc(C(=O)CCC[C@@H]2CNCCC2(F)F)cc2c1O[C@H](C)[C@H]2c1ccccc1. The molecule has 2 aliphatic heterocycles. The minimum Gasteiger partial charge on any atom is -0.489 e. The van der Waals surface area contributed by atoms with Crippen LogP contribution in [0.2, 0.25) is 0 Å². The van der Waals surface area contributed by atoms with Gasteiger partial charge < -0.3 is 15.4 Å². The third-order valence-electron chi connectivity index (χ3n) is 6.76. The van der Waals surface area contributed by atoms with Gasteiger partial charge in [-0.15, -0.1) is 0 Å². The average Bonchev–Trinajstić information content (AvgIpc) is 3.14. The maximum absolute atomic E-state index is 14.1. The van der Waals surface area contributed by atoms with Gasteiger partial charge in [-0.3, -0.25) is 9.59 Å². The molecule has 0 unspecified atom stereocenters. The van der Waals surface area contributed by atoms with Crippen molar-refractivity contribution in [1.29, 1.82) is 0 Å². The minimum absolute atomic E-state index is 0.107. The lowest BCUT2D eigenvalue weighted by molar-refractivity contribution is -0.0811. The highest BCUT2D eigenvalue weighted by molar-refractivity contribution is 6.03. The molecule has 33 heavy (non-hydrogen) atoms. The van der Waals surface area contributed by atoms with Gasteiger partial charge in [0.05, 0.1) is 5.56 Å². The summed E-state index contributed by atoms with van der Waals surface area (Å²) < 4.78 is 34.3. The van der Waals surface area contributed by atoms with Crippen LogP contribution in [0.3, 0.4) is 0 Å². The lowest BCUT2D eigenvalue weighted by atomic mass is 9.85. The Morgan fingerprint density at radius 1 is 1.21 bits per heavy atom. The average molecular weight is 457 g/mol. The molecular formula is C26H30F2N2O3. The molecule has 2 heterocycles. The quantitative estimate of drug-likeness (QED) is 0.600. The van der Waals surface area contributed by atoms with Crippen molar-refractivity contribution in [3.63, 3.8) is 0 Å². The molecule has 4 rings (SSSR count). The number of hydrogen-bond donors (Lipinski definition) is 2. The van der Waals surface area contributed by atoms with E-state index in [1.165, 1.54) is 7.05 Å². The molecule has 2 aromatic carbocycles. The third-order valence-corrected chi connectivity index (χ3v) is 6.76. The molecule has 0 radical (unpaired) electrons. The number of piperidine rings is 1. The molecule has 2 aliphatic rings. The number of rotatable bonds is 7. The van der Waals surface area contributed by atoms with Crippen molar-refractivity contribution in [1.82, 2.24) is 10.6 Å². The number of amides is 1. The Morgan fingerprint density at radius 3 is 2.67 bits per heavy atom. The smallest absolute Gasteiger partial charge is 0.254 e. The van der Waals surface area contributed by atoms with Gasteiger partial charge in [-0.25, -0.2) is 8.78 Å². The molecule has 0 aliphatic carbocycles. The van der Waals surface area contributed by atoms with Crippen molar-refractivity contribution >= 4 is 11.7 Å². The van der Waals surface area contributed by atoms with Crippen molar-refractivity contribution in [2.24, 2.45) is 5.92 Å². The topological polar surface area (TPSA) is 67.4 Å². The fourth-order valence-electron chi connectivity index (χ4n) is 4.95. The second-order valence-electron chi connectivity index (χ2n) is 8.96. The van der Waals surface area contributed by atoms with E-state index in [4.69, 9.17) is 4.74 Å². The van der Waals surface area contributed by atoms with E-state index < -0.39 is 11.8 Å². The van der Waals surface area contributed by atoms with Crippen LogP contribution in [0.4, 0.5) is 8.78 Å². The van der Waals surface area contributed by atoms with Gasteiger partial charge in [0.15, 0.2) is 5.78 Å². The number of ether oxygens (including phenoxy) is 1. The van der Waals surface area contributed by atoms with Crippen molar-refractivity contribution < 1.29 is 23.1 Å². The van der Waals surface area contributed by atoms with Crippen LogP contribution in [-0.2, 0) is 0 Å². The van der Waals surface area contributed by atoms with Gasteiger partial charge in [0.1, 0.15) is 11.9 Å². The Kier molecular flexibility index (Phi) is 6.79. The van der Waals surface area contributed by atoms with E-state index in [-0.39, 0.29) is 49.5 Å². The molecule has 0 saturated carbocycles. The number of alkyl halides is 2. The Bertz CT molecular complexity index is 1030. The van der Waals surface area contributed by atoms with Crippen LogP contribution in [0.1, 0.15) is 70.4 Å². The predicted molar refractivity (Wildman–Crippen MR) is 122 cm³/mol. The minimum atomic E-state index is -2.69. The standard InChI is InChI=1S/C26H30F2N2O3/c1-16-23(17-7-4-3-5-8-17)20-13-18(14-21(24(20)33-16)25(32)29-2)22(31)10-6-9-19-15-30-12-11-26(19,27)28/h3-5,7-8,13-14,16,19,23,30H,6,9-12,15H2,1-2H3,(H,29,32)/t16-,19-,23+/m1/s1. The highest BCUT2D eigenvalue weighted by Crippen LogP contribution is 2.45. The highest BCUT2D eigenvalue weighted by Gasteiger charge is 2.41. The molecule has 2 aromatic rings. The first-order valence-corrected chi connectivity index (χ1v) is 11.5. The van der Waals surface area contributed by atoms with E-state index in [1.54, 1.807) is 6.07 Å². The summed E-state index contributed by atoms with van der Waals surface area (Å²) in [6, 6.07) is 13.2. The molecule has 0 bridgehead atoms. The number of carbonyl (C=O) groups excluding carboxylic acids is 2. The largest absolute Gasteiger partial charge is 0.489 e. The van der Waals surface area contributed by atoms with Crippen LogP contribution in [0.25, 0.3) is 0 Å². The highest BCUT2D eigenvalue weighted by atomic mass is 19.3. The summed E-state index contributed by atoms with van der Waals surface area (Å²) >= 11 is 0. The Hall–Kier alpha value is -2.80. The number of halogens is 2. The van der Waals surface area contributed by atoms with E-state index >= 15 is 0 Å². The number of carbonyl (C=O) groups is 2. The fraction of sp³-hybridized carbons (Fsp3) is 0.462. The van der Waals surface area contributed by atoms with Crippen molar-refractivity contribution in [2.45, 2.75) is 50.6 Å². The number of fused-ring (bicyclic) bond motifs is 1. The lowest BCUT2D eigenvalue weighted by Crippen LogP contribution is -2.44. The van der Waals surface area contributed by atoms with Crippen molar-refractivity contribution in [2.75, 3.05) is 20.1 Å². The molecule has 2 N–H and O–H groups in total. The van der Waals surface area contributed by atoms with Crippen LogP contribution in [0.15, 0.2) is 42.5 Å². The van der Waals surface area contributed by atoms with E-state index in [0.29, 0.717) is 29.8 Å². The lowest BCUT2D eigenvalue weighted by Gasteiger charge is -2.31. The van der Waals surface area contributed by atoms with E-state index in [2.05, 4.69) is 10.6 Å². The maximum Gasteiger partial charge on any atom is 0.254 e. The fourth-order valence-corrected chi connectivity index (χ4v) is 4.95. The summed E-state index contributed by atoms with van der Waals surface area (Å²) in [5, 5.41) is 5.64. The summed E-state index contributed by atoms with van der Waals surface area (Å²) in [4.78, 5) is 25.7. The Balaban J connectivity index is 1.58. The second kappa shape index (κ2) is 9.59. The third kappa shape index (κ3) is 4.78.